The van der Waals surface area contributed by atoms with Crippen LogP contribution >= 0.6 is 24.0 Å². The number of pyridine rings is 1. The highest BCUT2D eigenvalue weighted by Crippen LogP contribution is 2.13. The van der Waals surface area contributed by atoms with Crippen LogP contribution in [-0.4, -0.2) is 11.0 Å². The molecule has 0 aliphatic carbocycles. The largest absolute Gasteiger partial charge is 0.310 e. The van der Waals surface area contributed by atoms with Crippen LogP contribution in [-0.2, 0) is 6.54 Å². The van der Waals surface area contributed by atoms with Crippen molar-refractivity contribution in [3.63, 3.8) is 0 Å². The standard InChI is InChI=1S/C12H19ClN2.ClH/c1-4-11(9(2)3)15-8-10-6-5-7-14-12(10)13;/h5-7,9,11,15H,4,8H2,1-3H3;1H. The van der Waals surface area contributed by atoms with E-state index in [0.29, 0.717) is 17.1 Å². The molecule has 1 unspecified atom stereocenters. The van der Waals surface area contributed by atoms with E-state index < -0.39 is 0 Å². The van der Waals surface area contributed by atoms with Gasteiger partial charge in [0.05, 0.1) is 0 Å². The van der Waals surface area contributed by atoms with Crippen molar-refractivity contribution < 1.29 is 0 Å². The van der Waals surface area contributed by atoms with Gasteiger partial charge in [0.1, 0.15) is 5.15 Å². The van der Waals surface area contributed by atoms with Crippen LogP contribution in [0, 0.1) is 5.92 Å². The molecule has 0 aliphatic rings. The smallest absolute Gasteiger partial charge is 0.133 e. The summed E-state index contributed by atoms with van der Waals surface area (Å²) in [5, 5.41) is 4.10. The summed E-state index contributed by atoms with van der Waals surface area (Å²) in [7, 11) is 0. The van der Waals surface area contributed by atoms with Gasteiger partial charge in [0.25, 0.3) is 0 Å². The predicted molar refractivity (Wildman–Crippen MR) is 72.3 cm³/mol. The van der Waals surface area contributed by atoms with E-state index in [9.17, 15) is 0 Å². The zero-order valence-electron chi connectivity index (χ0n) is 10.0. The molecule has 2 nitrogen and oxygen atoms in total. The normalized spacial score (nSPS) is 12.3. The van der Waals surface area contributed by atoms with Gasteiger partial charge >= 0.3 is 0 Å². The quantitative estimate of drug-likeness (QED) is 0.820. The van der Waals surface area contributed by atoms with Crippen molar-refractivity contribution in [2.45, 2.75) is 39.8 Å². The van der Waals surface area contributed by atoms with E-state index in [0.717, 1.165) is 18.5 Å². The van der Waals surface area contributed by atoms with Crippen molar-refractivity contribution in [1.82, 2.24) is 10.3 Å². The highest BCUT2D eigenvalue weighted by atomic mass is 35.5. The Morgan fingerprint density at radius 2 is 2.12 bits per heavy atom. The van der Waals surface area contributed by atoms with E-state index in [1.165, 1.54) is 0 Å². The minimum Gasteiger partial charge on any atom is -0.310 e. The SMILES string of the molecule is CCC(NCc1cccnc1Cl)C(C)C.Cl. The van der Waals surface area contributed by atoms with Gasteiger partial charge in [0.2, 0.25) is 0 Å². The number of aromatic nitrogens is 1. The first-order valence-electron chi connectivity index (χ1n) is 5.48. The van der Waals surface area contributed by atoms with Gasteiger partial charge < -0.3 is 5.32 Å². The van der Waals surface area contributed by atoms with Crippen molar-refractivity contribution in [2.75, 3.05) is 0 Å². The molecular formula is C12H20Cl2N2. The zero-order chi connectivity index (χ0) is 11.3. The lowest BCUT2D eigenvalue weighted by atomic mass is 10.0. The van der Waals surface area contributed by atoms with Crippen molar-refractivity contribution in [1.29, 1.82) is 0 Å². The first kappa shape index (κ1) is 15.7. The lowest BCUT2D eigenvalue weighted by Crippen LogP contribution is -2.32. The molecule has 0 aromatic carbocycles. The molecule has 0 bridgehead atoms. The first-order chi connectivity index (χ1) is 7.15. The van der Waals surface area contributed by atoms with Crippen LogP contribution in [0.2, 0.25) is 5.15 Å². The van der Waals surface area contributed by atoms with Gasteiger partial charge in [-0.15, -0.1) is 12.4 Å². The summed E-state index contributed by atoms with van der Waals surface area (Å²) in [6, 6.07) is 4.47. The Balaban J connectivity index is 0.00000225. The Bertz CT molecular complexity index is 303. The fraction of sp³-hybridized carbons (Fsp3) is 0.583. The van der Waals surface area contributed by atoms with Gasteiger partial charge in [-0.25, -0.2) is 4.98 Å². The molecule has 1 aromatic rings. The summed E-state index contributed by atoms with van der Waals surface area (Å²) < 4.78 is 0. The highest BCUT2D eigenvalue weighted by Gasteiger charge is 2.10. The van der Waals surface area contributed by atoms with E-state index in [-0.39, 0.29) is 12.4 Å². The van der Waals surface area contributed by atoms with Crippen LogP contribution in [0.4, 0.5) is 0 Å². The second-order valence-electron chi connectivity index (χ2n) is 4.09. The number of rotatable bonds is 5. The van der Waals surface area contributed by atoms with Gasteiger partial charge in [0.15, 0.2) is 0 Å². The second-order valence-corrected chi connectivity index (χ2v) is 4.45. The minimum atomic E-state index is 0. The Morgan fingerprint density at radius 3 is 2.62 bits per heavy atom. The van der Waals surface area contributed by atoms with E-state index in [2.05, 4.69) is 31.1 Å². The maximum atomic E-state index is 5.98. The molecular weight excluding hydrogens is 243 g/mol. The molecule has 0 saturated heterocycles. The van der Waals surface area contributed by atoms with Gasteiger partial charge in [-0.2, -0.15) is 0 Å². The molecule has 0 spiro atoms. The third kappa shape index (κ3) is 4.69. The predicted octanol–water partition coefficient (Wildman–Crippen LogP) is 3.68. The van der Waals surface area contributed by atoms with Crippen LogP contribution < -0.4 is 5.32 Å². The topological polar surface area (TPSA) is 24.9 Å². The Morgan fingerprint density at radius 1 is 1.44 bits per heavy atom. The maximum Gasteiger partial charge on any atom is 0.133 e. The third-order valence-corrected chi connectivity index (χ3v) is 2.98. The lowest BCUT2D eigenvalue weighted by molar-refractivity contribution is 0.387. The molecule has 4 heteroatoms. The molecule has 0 radical (unpaired) electrons. The van der Waals surface area contributed by atoms with Crippen molar-refractivity contribution >= 4 is 24.0 Å². The summed E-state index contributed by atoms with van der Waals surface area (Å²) >= 11 is 5.98. The lowest BCUT2D eigenvalue weighted by Gasteiger charge is -2.20. The molecule has 1 heterocycles. The Kier molecular flexibility index (Phi) is 7.73. The molecule has 0 fully saturated rings. The molecule has 1 atom stereocenters. The number of hydrogen-bond acceptors (Lipinski definition) is 2. The van der Waals surface area contributed by atoms with Crippen LogP contribution in [0.5, 0.6) is 0 Å². The fourth-order valence-electron chi connectivity index (χ4n) is 1.64. The van der Waals surface area contributed by atoms with Gasteiger partial charge in [-0.1, -0.05) is 38.4 Å². The molecule has 1 aromatic heterocycles. The maximum absolute atomic E-state index is 5.98. The summed E-state index contributed by atoms with van der Waals surface area (Å²) in [5.41, 5.74) is 1.07. The Labute approximate surface area is 109 Å². The highest BCUT2D eigenvalue weighted by molar-refractivity contribution is 6.30. The van der Waals surface area contributed by atoms with Crippen LogP contribution in [0.15, 0.2) is 18.3 Å². The third-order valence-electron chi connectivity index (χ3n) is 2.64. The molecule has 92 valence electrons. The molecule has 0 amide bonds. The van der Waals surface area contributed by atoms with Crippen molar-refractivity contribution in [3.05, 3.63) is 29.0 Å². The minimum absolute atomic E-state index is 0. The average Bonchev–Trinajstić information content (AvgIpc) is 2.21. The van der Waals surface area contributed by atoms with Crippen LogP contribution in [0.1, 0.15) is 32.8 Å². The molecule has 0 saturated carbocycles. The number of hydrogen-bond donors (Lipinski definition) is 1. The average molecular weight is 263 g/mol. The summed E-state index contributed by atoms with van der Waals surface area (Å²) in [6.45, 7) is 7.45. The first-order valence-corrected chi connectivity index (χ1v) is 5.85. The van der Waals surface area contributed by atoms with Crippen LogP contribution in [0.3, 0.4) is 0 Å². The Hall–Kier alpha value is -0.310. The van der Waals surface area contributed by atoms with E-state index in [4.69, 9.17) is 11.6 Å². The van der Waals surface area contributed by atoms with Crippen molar-refractivity contribution in [2.24, 2.45) is 5.92 Å². The second kappa shape index (κ2) is 7.88. The number of nitrogens with zero attached hydrogens (tertiary/aromatic N) is 1. The zero-order valence-corrected chi connectivity index (χ0v) is 11.6. The van der Waals surface area contributed by atoms with Crippen molar-refractivity contribution in [3.8, 4) is 0 Å². The van der Waals surface area contributed by atoms with Gasteiger partial charge in [-0.3, -0.25) is 0 Å². The van der Waals surface area contributed by atoms with E-state index in [1.54, 1.807) is 6.20 Å². The molecule has 16 heavy (non-hydrogen) atoms. The van der Waals surface area contributed by atoms with Gasteiger partial charge in [0, 0.05) is 24.3 Å². The molecule has 1 rings (SSSR count). The van der Waals surface area contributed by atoms with E-state index >= 15 is 0 Å². The summed E-state index contributed by atoms with van der Waals surface area (Å²) in [6.07, 6.45) is 2.85. The summed E-state index contributed by atoms with van der Waals surface area (Å²) in [5.74, 6) is 0.644. The monoisotopic (exact) mass is 262 g/mol. The fourth-order valence-corrected chi connectivity index (χ4v) is 1.83. The summed E-state index contributed by atoms with van der Waals surface area (Å²) in [4.78, 5) is 4.05. The van der Waals surface area contributed by atoms with Crippen LogP contribution in [0.25, 0.3) is 0 Å². The number of nitrogens with one attached hydrogen (secondary N) is 1. The molecule has 0 aliphatic heterocycles. The van der Waals surface area contributed by atoms with Gasteiger partial charge in [-0.05, 0) is 18.4 Å². The number of halogens is 2. The molecule has 1 N–H and O–H groups in total. The van der Waals surface area contributed by atoms with E-state index in [1.807, 2.05) is 12.1 Å².